The maximum atomic E-state index is 2.88. The fourth-order valence-electron chi connectivity index (χ4n) is 19.9. The van der Waals surface area contributed by atoms with E-state index in [2.05, 4.69) is 391 Å². The van der Waals surface area contributed by atoms with Crippen LogP contribution in [0.5, 0.6) is 0 Å². The van der Waals surface area contributed by atoms with E-state index in [0.717, 1.165) is 0 Å². The summed E-state index contributed by atoms with van der Waals surface area (Å²) in [7, 11) is 0. The summed E-state index contributed by atoms with van der Waals surface area (Å²) in [6, 6.07) is 84.0. The quantitative estimate of drug-likeness (QED) is 0.157. The van der Waals surface area contributed by atoms with Gasteiger partial charge in [0.2, 0.25) is 0 Å². The molecule has 0 amide bonds. The number of nitrogens with zero attached hydrogens (tertiary/aromatic N) is 4. The average molecular weight is 1460 g/mol. The van der Waals surface area contributed by atoms with E-state index < -0.39 is 0 Å². The number of para-hydroxylation sites is 2. The van der Waals surface area contributed by atoms with E-state index in [1.807, 2.05) is 0 Å². The molecule has 0 saturated carbocycles. The summed E-state index contributed by atoms with van der Waals surface area (Å²) in [6.07, 6.45) is 0. The van der Waals surface area contributed by atoms with Gasteiger partial charge < -0.3 is 18.2 Å². The highest BCUT2D eigenvalue weighted by Crippen LogP contribution is 2.59. The molecule has 0 aliphatic carbocycles. The van der Waals surface area contributed by atoms with E-state index in [0.29, 0.717) is 0 Å². The van der Waals surface area contributed by atoms with Crippen LogP contribution in [0.4, 0.5) is 0 Å². The average Bonchev–Trinajstić information content (AvgIpc) is 1.50. The van der Waals surface area contributed by atoms with E-state index in [1.54, 1.807) is 0 Å². The molecule has 12 aromatic carbocycles. The van der Waals surface area contributed by atoms with Gasteiger partial charge in [0.1, 0.15) is 0 Å². The highest BCUT2D eigenvalue weighted by Gasteiger charge is 2.46. The molecular formula is C107H107BN4. The van der Waals surface area contributed by atoms with Crippen molar-refractivity contribution < 1.29 is 0 Å². The Hall–Kier alpha value is -10.4. The Morgan fingerprint density at radius 3 is 1.04 bits per heavy atom. The van der Waals surface area contributed by atoms with Crippen molar-refractivity contribution in [1.82, 2.24) is 18.2 Å². The third-order valence-corrected chi connectivity index (χ3v) is 26.4. The molecule has 4 nitrogen and oxygen atoms in total. The number of fused-ring (bicyclic) bond motifs is 19. The van der Waals surface area contributed by atoms with Crippen molar-refractivity contribution in [2.24, 2.45) is 0 Å². The van der Waals surface area contributed by atoms with Crippen molar-refractivity contribution in [1.29, 1.82) is 0 Å². The molecule has 5 heteroatoms. The summed E-state index contributed by atoms with van der Waals surface area (Å²) < 4.78 is 11.1. The first-order valence-corrected chi connectivity index (χ1v) is 41.3. The van der Waals surface area contributed by atoms with Crippen molar-refractivity contribution in [2.45, 2.75) is 216 Å². The summed E-state index contributed by atoms with van der Waals surface area (Å²) in [5.74, 6) is 0. The van der Waals surface area contributed by atoms with Crippen LogP contribution in [0, 0.1) is 0 Å². The molecule has 0 spiro atoms. The lowest BCUT2D eigenvalue weighted by Crippen LogP contribution is -2.55. The molecule has 4 aliphatic heterocycles. The lowest BCUT2D eigenvalue weighted by Gasteiger charge is -2.36. The molecule has 0 N–H and O–H groups in total. The van der Waals surface area contributed by atoms with Crippen LogP contribution in [0.2, 0.25) is 0 Å². The van der Waals surface area contributed by atoms with Gasteiger partial charge in [0.05, 0.1) is 50.3 Å². The molecule has 558 valence electrons. The topological polar surface area (TPSA) is 19.7 Å². The monoisotopic (exact) mass is 1460 g/mol. The first-order valence-electron chi connectivity index (χ1n) is 41.3. The summed E-state index contributed by atoms with van der Waals surface area (Å²) >= 11 is 0. The molecule has 0 saturated heterocycles. The minimum atomic E-state index is -0.194. The number of hydrogen-bond acceptors (Lipinski definition) is 0. The largest absolute Gasteiger partial charge is 0.374 e. The molecule has 0 radical (unpaired) electrons. The maximum Gasteiger partial charge on any atom is 0.333 e. The van der Waals surface area contributed by atoms with E-state index in [-0.39, 0.29) is 56.2 Å². The Kier molecular flexibility index (Phi) is 14.4. The maximum absolute atomic E-state index is 2.88. The minimum Gasteiger partial charge on any atom is -0.374 e. The molecule has 16 aromatic rings. The third kappa shape index (κ3) is 10.2. The highest BCUT2D eigenvalue weighted by molar-refractivity contribution is 6.90. The molecule has 1 atom stereocenters. The standard InChI is InChI=1S/C107H107BN4/c1-100(2,3)67-41-61(42-68(55-67)101(4,5)6)59-37-39-87-81(49-59)83-51-65(63-45-71(104(13,14)15)57-72(46-63)105(16,17)18)53-85-94(83)109(87)89-35-27-29-75-77-31-25-33-79-93(77)111(97(85)91(75)89)98-80-34-26-32-78-76-30-28-36-90-92(76)108(112(95(78)80)99(79)98)86-54-66(64-47-73(106(19,20)21)58-74(48-64)107(22,23)24)52-84-82-50-60(38-40-88(82)110(90)96(84)86)62-43-69(102(7,8)9)56-70(44-62)103(10,11)12/h25-58,97H,1-24H3. The zero-order valence-corrected chi connectivity index (χ0v) is 70.6. The summed E-state index contributed by atoms with van der Waals surface area (Å²) in [5.41, 5.74) is 43.8. The van der Waals surface area contributed by atoms with Crippen LogP contribution in [0.3, 0.4) is 0 Å². The van der Waals surface area contributed by atoms with Gasteiger partial charge >= 0.3 is 6.85 Å². The lowest BCUT2D eigenvalue weighted by molar-refractivity contribution is 0.568. The van der Waals surface area contributed by atoms with Crippen molar-refractivity contribution in [3.05, 3.63) is 262 Å². The second-order valence-corrected chi connectivity index (χ2v) is 42.4. The zero-order chi connectivity index (χ0) is 78.6. The normalized spacial score (nSPS) is 14.9. The van der Waals surface area contributed by atoms with E-state index in [9.17, 15) is 0 Å². The van der Waals surface area contributed by atoms with Gasteiger partial charge in [-0.25, -0.2) is 0 Å². The summed E-state index contributed by atoms with van der Waals surface area (Å²) in [5, 5.41) is 7.71. The molecule has 8 heterocycles. The number of rotatable bonds is 4. The van der Waals surface area contributed by atoms with E-state index in [4.69, 9.17) is 0 Å². The van der Waals surface area contributed by atoms with Gasteiger partial charge in [0, 0.05) is 65.8 Å². The Morgan fingerprint density at radius 2 is 0.598 bits per heavy atom. The van der Waals surface area contributed by atoms with Crippen molar-refractivity contribution >= 4 is 94.2 Å². The highest BCUT2D eigenvalue weighted by atomic mass is 15.1. The second-order valence-electron chi connectivity index (χ2n) is 42.4. The Bertz CT molecular complexity index is 6330. The molecule has 4 aromatic heterocycles. The zero-order valence-electron chi connectivity index (χ0n) is 70.6. The predicted molar refractivity (Wildman–Crippen MR) is 483 cm³/mol. The first-order chi connectivity index (χ1) is 52.6. The van der Waals surface area contributed by atoms with Gasteiger partial charge in [-0.15, -0.1) is 0 Å². The molecular weight excluding hydrogens is 1350 g/mol. The van der Waals surface area contributed by atoms with Gasteiger partial charge in [0.15, 0.2) is 0 Å². The molecule has 0 bridgehead atoms. The smallest absolute Gasteiger partial charge is 0.333 e. The predicted octanol–water partition coefficient (Wildman–Crippen LogP) is 27.9. The van der Waals surface area contributed by atoms with Crippen LogP contribution in [-0.2, 0) is 43.3 Å². The van der Waals surface area contributed by atoms with Crippen LogP contribution >= 0.6 is 0 Å². The molecule has 20 rings (SSSR count). The Morgan fingerprint density at radius 1 is 0.250 bits per heavy atom. The van der Waals surface area contributed by atoms with Crippen LogP contribution in [0.1, 0.15) is 228 Å². The fourth-order valence-corrected chi connectivity index (χ4v) is 19.9. The summed E-state index contributed by atoms with van der Waals surface area (Å²) in [6.45, 7) is 56.7. The van der Waals surface area contributed by atoms with Gasteiger partial charge in [-0.2, -0.15) is 0 Å². The number of hydrogen-bond donors (Lipinski definition) is 0. The SMILES string of the molecule is CC(C)(C)c1cc(-c2ccc3c(c2)c2cc(-c4cc(C(C)(C)C)cc(C(C)(C)C)c4)cc4c2n3-c2cccc3c2B4n2c4c-3cccc4c3c2c2cccc4c2n3C2c3c-4cccc3-n3c4ccc(-c5cc(C(C)(C)C)cc(C(C)(C)C)c5)cc4c4cc(-c5cc(C(C)(C)C)cc(C(C)(C)C)c5)cc2c43)cc(C(C)(C)C)c1. The van der Waals surface area contributed by atoms with Gasteiger partial charge in [0.25, 0.3) is 0 Å². The van der Waals surface area contributed by atoms with Crippen molar-refractivity contribution in [3.63, 3.8) is 0 Å². The number of aromatic nitrogens is 4. The molecule has 1 unspecified atom stereocenters. The lowest BCUT2D eigenvalue weighted by atomic mass is 9.45. The second kappa shape index (κ2) is 22.7. The van der Waals surface area contributed by atoms with Gasteiger partial charge in [-0.05, 0) is 209 Å². The first kappa shape index (κ1) is 70.7. The molecule has 0 fully saturated rings. The van der Waals surface area contributed by atoms with Gasteiger partial charge in [-0.1, -0.05) is 318 Å². The Balaban J connectivity index is 0.902. The fraction of sp³-hybridized carbons (Fsp3) is 0.308. The van der Waals surface area contributed by atoms with Crippen LogP contribution in [0.15, 0.2) is 206 Å². The van der Waals surface area contributed by atoms with Crippen molar-refractivity contribution in [2.75, 3.05) is 0 Å². The van der Waals surface area contributed by atoms with Crippen LogP contribution in [0.25, 0.3) is 155 Å². The van der Waals surface area contributed by atoms with Crippen LogP contribution in [-0.4, -0.2) is 25.0 Å². The third-order valence-electron chi connectivity index (χ3n) is 26.4. The van der Waals surface area contributed by atoms with E-state index >= 15 is 0 Å². The number of benzene rings is 12. The Labute approximate surface area is 663 Å². The summed E-state index contributed by atoms with van der Waals surface area (Å²) in [4.78, 5) is 0. The van der Waals surface area contributed by atoms with Gasteiger partial charge in [-0.3, -0.25) is 0 Å². The van der Waals surface area contributed by atoms with Crippen molar-refractivity contribution in [3.8, 4) is 78.1 Å². The molecule has 4 aliphatic rings. The minimum absolute atomic E-state index is 0.0336. The van der Waals surface area contributed by atoms with E-state index in [1.165, 1.54) is 221 Å². The van der Waals surface area contributed by atoms with Crippen LogP contribution < -0.4 is 10.9 Å². The molecule has 112 heavy (non-hydrogen) atoms.